The van der Waals surface area contributed by atoms with E-state index in [2.05, 4.69) is 13.8 Å². The van der Waals surface area contributed by atoms with Crippen LogP contribution in [0.5, 0.6) is 0 Å². The molecule has 0 aromatic rings. The van der Waals surface area contributed by atoms with Crippen molar-refractivity contribution in [3.8, 4) is 0 Å². The first-order valence-corrected chi connectivity index (χ1v) is 4.02. The maximum atomic E-state index is 5.58. The van der Waals surface area contributed by atoms with Crippen LogP contribution in [-0.2, 0) is 9.47 Å². The van der Waals surface area contributed by atoms with Crippen LogP contribution in [0.3, 0.4) is 0 Å². The molecule has 0 N–H and O–H groups in total. The minimum atomic E-state index is 0.398. The third-order valence-electron chi connectivity index (χ3n) is 2.55. The highest BCUT2D eigenvalue weighted by Gasteiger charge is 2.43. The van der Waals surface area contributed by atoms with Gasteiger partial charge in [0.25, 0.3) is 0 Å². The molecule has 0 radical (unpaired) electrons. The van der Waals surface area contributed by atoms with Gasteiger partial charge < -0.3 is 9.47 Å². The van der Waals surface area contributed by atoms with Gasteiger partial charge in [-0.1, -0.05) is 13.8 Å². The van der Waals surface area contributed by atoms with Crippen molar-refractivity contribution in [2.45, 2.75) is 26.1 Å². The van der Waals surface area contributed by atoms with Crippen molar-refractivity contribution in [3.05, 3.63) is 0 Å². The summed E-state index contributed by atoms with van der Waals surface area (Å²) in [7, 11) is 0. The van der Waals surface area contributed by atoms with E-state index in [9.17, 15) is 0 Å². The molecule has 2 unspecified atom stereocenters. The molecule has 2 fully saturated rings. The molecule has 0 aliphatic carbocycles. The van der Waals surface area contributed by atoms with Crippen molar-refractivity contribution in [2.24, 2.45) is 11.8 Å². The maximum Gasteiger partial charge on any atom is 0.0887 e. The summed E-state index contributed by atoms with van der Waals surface area (Å²) in [5.41, 5.74) is 0. The third kappa shape index (κ3) is 0.789. The van der Waals surface area contributed by atoms with E-state index < -0.39 is 0 Å². The highest BCUT2D eigenvalue weighted by atomic mass is 16.6. The van der Waals surface area contributed by atoms with Crippen molar-refractivity contribution in [3.63, 3.8) is 0 Å². The molecular weight excluding hydrogens is 128 g/mol. The Hall–Kier alpha value is -0.0800. The summed E-state index contributed by atoms with van der Waals surface area (Å²) in [6.45, 7) is 6.17. The zero-order valence-corrected chi connectivity index (χ0v) is 6.54. The quantitative estimate of drug-likeness (QED) is 0.503. The van der Waals surface area contributed by atoms with Crippen molar-refractivity contribution >= 4 is 0 Å². The van der Waals surface area contributed by atoms with E-state index in [-0.39, 0.29) is 0 Å². The van der Waals surface area contributed by atoms with Gasteiger partial charge in [-0.25, -0.2) is 0 Å². The highest BCUT2D eigenvalue weighted by molar-refractivity contribution is 4.90. The lowest BCUT2D eigenvalue weighted by Gasteiger charge is -2.10. The average Bonchev–Trinajstić information content (AvgIpc) is 2.41. The fourth-order valence-electron chi connectivity index (χ4n) is 1.88. The Bertz CT molecular complexity index is 119. The fourth-order valence-corrected chi connectivity index (χ4v) is 1.88. The van der Waals surface area contributed by atoms with Gasteiger partial charge in [0.1, 0.15) is 0 Å². The number of rotatable bonds is 0. The van der Waals surface area contributed by atoms with Crippen molar-refractivity contribution in [2.75, 3.05) is 13.2 Å². The Morgan fingerprint density at radius 1 is 0.900 bits per heavy atom. The summed E-state index contributed by atoms with van der Waals surface area (Å²) < 4.78 is 11.2. The number of hydrogen-bond donors (Lipinski definition) is 0. The molecule has 2 aliphatic rings. The number of hydrogen-bond acceptors (Lipinski definition) is 2. The molecule has 0 amide bonds. The van der Waals surface area contributed by atoms with E-state index in [4.69, 9.17) is 9.47 Å². The molecule has 0 aromatic carbocycles. The lowest BCUT2D eigenvalue weighted by atomic mass is 9.99. The molecule has 2 rings (SSSR count). The summed E-state index contributed by atoms with van der Waals surface area (Å²) in [4.78, 5) is 0. The Balaban J connectivity index is 2.09. The molecule has 0 spiro atoms. The molecule has 0 saturated carbocycles. The Labute approximate surface area is 61.5 Å². The number of ether oxygens (including phenoxy) is 2. The van der Waals surface area contributed by atoms with E-state index in [1.807, 2.05) is 0 Å². The van der Waals surface area contributed by atoms with Crippen LogP contribution < -0.4 is 0 Å². The largest absolute Gasteiger partial charge is 0.375 e. The SMILES string of the molecule is CC1CO[C@@H]2C(C)CO[C@H]12. The zero-order valence-electron chi connectivity index (χ0n) is 6.54. The summed E-state index contributed by atoms with van der Waals surface area (Å²) >= 11 is 0. The molecule has 0 aromatic heterocycles. The first-order valence-electron chi connectivity index (χ1n) is 4.02. The summed E-state index contributed by atoms with van der Waals surface area (Å²) in [6, 6.07) is 0. The molecule has 0 bridgehead atoms. The van der Waals surface area contributed by atoms with E-state index >= 15 is 0 Å². The van der Waals surface area contributed by atoms with Crippen molar-refractivity contribution < 1.29 is 9.47 Å². The van der Waals surface area contributed by atoms with Gasteiger partial charge in [-0.15, -0.1) is 0 Å². The monoisotopic (exact) mass is 142 g/mol. The van der Waals surface area contributed by atoms with Crippen LogP contribution in [0.4, 0.5) is 0 Å². The molecule has 2 saturated heterocycles. The minimum absolute atomic E-state index is 0.398. The zero-order chi connectivity index (χ0) is 7.14. The second-order valence-electron chi connectivity index (χ2n) is 3.55. The van der Waals surface area contributed by atoms with Gasteiger partial charge in [0.05, 0.1) is 25.4 Å². The second-order valence-corrected chi connectivity index (χ2v) is 3.55. The van der Waals surface area contributed by atoms with Gasteiger partial charge >= 0.3 is 0 Å². The smallest absolute Gasteiger partial charge is 0.0887 e. The lowest BCUT2D eigenvalue weighted by molar-refractivity contribution is 0.0627. The van der Waals surface area contributed by atoms with Crippen molar-refractivity contribution in [1.82, 2.24) is 0 Å². The lowest BCUT2D eigenvalue weighted by Crippen LogP contribution is -2.23. The van der Waals surface area contributed by atoms with Crippen LogP contribution in [0.1, 0.15) is 13.8 Å². The van der Waals surface area contributed by atoms with Crippen LogP contribution in [0, 0.1) is 11.8 Å². The van der Waals surface area contributed by atoms with Gasteiger partial charge in [-0.05, 0) is 0 Å². The molecule has 2 nitrogen and oxygen atoms in total. The first-order chi connectivity index (χ1) is 4.79. The van der Waals surface area contributed by atoms with Gasteiger partial charge in [-0.3, -0.25) is 0 Å². The van der Waals surface area contributed by atoms with E-state index in [1.54, 1.807) is 0 Å². The van der Waals surface area contributed by atoms with Gasteiger partial charge in [-0.2, -0.15) is 0 Å². The summed E-state index contributed by atoms with van der Waals surface area (Å²) in [5, 5.41) is 0. The van der Waals surface area contributed by atoms with Gasteiger partial charge in [0.2, 0.25) is 0 Å². The second kappa shape index (κ2) is 2.21. The van der Waals surface area contributed by atoms with E-state index in [0.29, 0.717) is 24.0 Å². The standard InChI is InChI=1S/C8H14O2/c1-5-3-9-8-6(2)4-10-7(5)8/h5-8H,3-4H2,1-2H3/t5?,6?,7-,8-/m1/s1. The summed E-state index contributed by atoms with van der Waals surface area (Å²) in [5.74, 6) is 1.21. The Morgan fingerprint density at radius 2 is 1.30 bits per heavy atom. The molecule has 10 heavy (non-hydrogen) atoms. The summed E-state index contributed by atoms with van der Waals surface area (Å²) in [6.07, 6.45) is 0.796. The van der Waals surface area contributed by atoms with Gasteiger partial charge in [0.15, 0.2) is 0 Å². The van der Waals surface area contributed by atoms with E-state index in [0.717, 1.165) is 13.2 Å². The van der Waals surface area contributed by atoms with E-state index in [1.165, 1.54) is 0 Å². The van der Waals surface area contributed by atoms with Crippen LogP contribution in [0.2, 0.25) is 0 Å². The average molecular weight is 142 g/mol. The maximum absolute atomic E-state index is 5.58. The van der Waals surface area contributed by atoms with Crippen LogP contribution in [0.15, 0.2) is 0 Å². The van der Waals surface area contributed by atoms with Gasteiger partial charge in [0, 0.05) is 11.8 Å². The minimum Gasteiger partial charge on any atom is -0.375 e. The fraction of sp³-hybridized carbons (Fsp3) is 1.00. The molecule has 2 heteroatoms. The number of fused-ring (bicyclic) bond motifs is 1. The van der Waals surface area contributed by atoms with Crippen LogP contribution >= 0.6 is 0 Å². The molecule has 58 valence electrons. The normalized spacial score (nSPS) is 53.4. The van der Waals surface area contributed by atoms with Crippen LogP contribution in [-0.4, -0.2) is 25.4 Å². The Morgan fingerprint density at radius 3 is 1.70 bits per heavy atom. The predicted octanol–water partition coefficient (Wildman–Crippen LogP) is 1.06. The molecule has 2 aliphatic heterocycles. The molecule has 4 atom stereocenters. The molecule has 2 heterocycles. The first kappa shape index (κ1) is 6.62. The highest BCUT2D eigenvalue weighted by Crippen LogP contribution is 2.33. The predicted molar refractivity (Wildman–Crippen MR) is 37.8 cm³/mol. The Kier molecular flexibility index (Phi) is 1.46. The molecular formula is C8H14O2. The third-order valence-corrected chi connectivity index (χ3v) is 2.55. The van der Waals surface area contributed by atoms with Crippen LogP contribution in [0.25, 0.3) is 0 Å². The van der Waals surface area contributed by atoms with Crippen molar-refractivity contribution in [1.29, 1.82) is 0 Å². The topological polar surface area (TPSA) is 18.5 Å².